The Kier molecular flexibility index (Phi) is 5.93. The molecule has 30 heavy (non-hydrogen) atoms. The van der Waals surface area contributed by atoms with E-state index in [4.69, 9.17) is 4.98 Å². The Balaban J connectivity index is 1.43. The fourth-order valence-electron chi connectivity index (χ4n) is 3.94. The van der Waals surface area contributed by atoms with Crippen LogP contribution in [0.5, 0.6) is 0 Å². The summed E-state index contributed by atoms with van der Waals surface area (Å²) in [6, 6.07) is 12.3. The zero-order valence-corrected chi connectivity index (χ0v) is 18.8. The predicted molar refractivity (Wildman–Crippen MR) is 120 cm³/mol. The van der Waals surface area contributed by atoms with Crippen LogP contribution in [0.4, 0.5) is 9.52 Å². The summed E-state index contributed by atoms with van der Waals surface area (Å²) in [4.78, 5) is 7.07. The maximum absolute atomic E-state index is 13.6. The van der Waals surface area contributed by atoms with Crippen molar-refractivity contribution in [1.29, 1.82) is 0 Å². The Hall–Kier alpha value is -2.25. The first-order chi connectivity index (χ1) is 14.3. The fraction of sp³-hybridized carbons (Fsp3) is 0.348. The van der Waals surface area contributed by atoms with Crippen molar-refractivity contribution in [3.8, 4) is 0 Å². The summed E-state index contributed by atoms with van der Waals surface area (Å²) in [5.41, 5.74) is 4.16. The van der Waals surface area contributed by atoms with Gasteiger partial charge in [0.2, 0.25) is 0 Å². The molecule has 3 aromatic rings. The van der Waals surface area contributed by atoms with Gasteiger partial charge in [0.05, 0.1) is 15.8 Å². The summed E-state index contributed by atoms with van der Waals surface area (Å²) < 4.78 is 39.7. The van der Waals surface area contributed by atoms with Crippen LogP contribution in [0, 0.1) is 19.7 Å². The molecule has 0 spiro atoms. The highest BCUT2D eigenvalue weighted by atomic mass is 32.2. The van der Waals surface area contributed by atoms with Gasteiger partial charge in [-0.3, -0.25) is 0 Å². The molecular weight excluding hydrogens is 419 g/mol. The number of nitrogens with zero attached hydrogens (tertiary/aromatic N) is 2. The van der Waals surface area contributed by atoms with Crippen LogP contribution >= 0.6 is 11.3 Å². The zero-order valence-electron chi connectivity index (χ0n) is 17.1. The third-order valence-corrected chi connectivity index (χ3v) is 9.13. The van der Waals surface area contributed by atoms with Crippen molar-refractivity contribution in [3.63, 3.8) is 0 Å². The molecule has 0 unspecified atom stereocenters. The molecule has 158 valence electrons. The van der Waals surface area contributed by atoms with Crippen LogP contribution in [0.15, 0.2) is 52.7 Å². The Morgan fingerprint density at radius 2 is 1.83 bits per heavy atom. The number of hydrogen-bond donors (Lipinski definition) is 0. The molecule has 1 aromatic heterocycles. The van der Waals surface area contributed by atoms with Crippen LogP contribution in [-0.2, 0) is 16.3 Å². The summed E-state index contributed by atoms with van der Waals surface area (Å²) in [6.07, 6.45) is 1.84. The highest BCUT2D eigenvalue weighted by Crippen LogP contribution is 2.31. The molecule has 1 aliphatic heterocycles. The van der Waals surface area contributed by atoms with Gasteiger partial charge in [-0.1, -0.05) is 30.3 Å². The average Bonchev–Trinajstić information content (AvgIpc) is 3.20. The van der Waals surface area contributed by atoms with Crippen LogP contribution in [0.2, 0.25) is 0 Å². The minimum Gasteiger partial charge on any atom is -0.348 e. The number of aryl methyl sites for hydroxylation is 2. The van der Waals surface area contributed by atoms with Crippen LogP contribution in [0.25, 0.3) is 0 Å². The second kappa shape index (κ2) is 8.47. The van der Waals surface area contributed by atoms with Gasteiger partial charge < -0.3 is 4.90 Å². The maximum Gasteiger partial charge on any atom is 0.185 e. The quantitative estimate of drug-likeness (QED) is 0.560. The van der Waals surface area contributed by atoms with E-state index in [0.717, 1.165) is 23.3 Å². The van der Waals surface area contributed by atoms with Gasteiger partial charge in [-0.2, -0.15) is 0 Å². The number of piperidine rings is 1. The van der Waals surface area contributed by atoms with Crippen molar-refractivity contribution in [3.05, 3.63) is 76.0 Å². The molecule has 2 heterocycles. The Morgan fingerprint density at radius 3 is 2.57 bits per heavy atom. The molecule has 0 atom stereocenters. The van der Waals surface area contributed by atoms with Crippen LogP contribution in [0.1, 0.15) is 35.2 Å². The van der Waals surface area contributed by atoms with E-state index >= 15 is 0 Å². The number of aromatic nitrogens is 1. The lowest BCUT2D eigenvalue weighted by Crippen LogP contribution is -2.39. The summed E-state index contributed by atoms with van der Waals surface area (Å²) >= 11 is 1.61. The average molecular weight is 445 g/mol. The SMILES string of the molecule is Cc1ccccc1Cc1csc(N2CCC(S(=O)(=O)c3cc(F)ccc3C)CC2)n1. The lowest BCUT2D eigenvalue weighted by molar-refractivity contribution is 0.527. The van der Waals surface area contributed by atoms with E-state index in [9.17, 15) is 12.8 Å². The smallest absolute Gasteiger partial charge is 0.185 e. The molecule has 0 radical (unpaired) electrons. The van der Waals surface area contributed by atoms with Gasteiger partial charge in [0.15, 0.2) is 15.0 Å². The van der Waals surface area contributed by atoms with Crippen molar-refractivity contribution < 1.29 is 12.8 Å². The summed E-state index contributed by atoms with van der Waals surface area (Å²) in [5, 5.41) is 2.54. The van der Waals surface area contributed by atoms with Gasteiger partial charge in [0, 0.05) is 24.9 Å². The number of sulfone groups is 1. The van der Waals surface area contributed by atoms with Gasteiger partial charge in [0.25, 0.3) is 0 Å². The maximum atomic E-state index is 13.6. The van der Waals surface area contributed by atoms with Crippen LogP contribution < -0.4 is 4.90 Å². The second-order valence-corrected chi connectivity index (χ2v) is 10.9. The van der Waals surface area contributed by atoms with Crippen molar-refractivity contribution in [2.24, 2.45) is 0 Å². The summed E-state index contributed by atoms with van der Waals surface area (Å²) in [5.74, 6) is -0.513. The van der Waals surface area contributed by atoms with Crippen LogP contribution in [0.3, 0.4) is 0 Å². The second-order valence-electron chi connectivity index (χ2n) is 7.87. The first kappa shape index (κ1) is 21.0. The molecule has 2 aromatic carbocycles. The number of thiazole rings is 1. The van der Waals surface area contributed by atoms with Crippen molar-refractivity contribution in [1.82, 2.24) is 4.98 Å². The minimum atomic E-state index is -3.54. The normalized spacial score (nSPS) is 15.5. The van der Waals surface area contributed by atoms with Crippen molar-refractivity contribution in [2.45, 2.75) is 43.3 Å². The molecule has 0 aliphatic carbocycles. The van der Waals surface area contributed by atoms with Gasteiger partial charge in [0.1, 0.15) is 5.82 Å². The highest BCUT2D eigenvalue weighted by molar-refractivity contribution is 7.92. The number of halogens is 1. The monoisotopic (exact) mass is 444 g/mol. The third kappa shape index (κ3) is 4.27. The van der Waals surface area contributed by atoms with E-state index in [2.05, 4.69) is 29.3 Å². The first-order valence-electron chi connectivity index (χ1n) is 10.1. The summed E-state index contributed by atoms with van der Waals surface area (Å²) in [6.45, 7) is 5.09. The number of benzene rings is 2. The van der Waals surface area contributed by atoms with E-state index in [0.29, 0.717) is 31.5 Å². The standard InChI is InChI=1S/C23H25FN2O2S2/c1-16-5-3-4-6-18(16)13-20-15-29-23(25-20)26-11-9-21(10-12-26)30(27,28)22-14-19(24)8-7-17(22)2/h3-8,14-15,21H,9-13H2,1-2H3. The molecule has 0 N–H and O–H groups in total. The highest BCUT2D eigenvalue weighted by Gasteiger charge is 2.33. The lowest BCUT2D eigenvalue weighted by Gasteiger charge is -2.31. The number of hydrogen-bond acceptors (Lipinski definition) is 5. The largest absolute Gasteiger partial charge is 0.348 e. The van der Waals surface area contributed by atoms with E-state index in [1.807, 2.05) is 12.1 Å². The summed E-state index contributed by atoms with van der Waals surface area (Å²) in [7, 11) is -3.54. The molecule has 1 fully saturated rings. The molecule has 7 heteroatoms. The molecule has 0 bridgehead atoms. The Morgan fingerprint density at radius 1 is 1.10 bits per heavy atom. The van der Waals surface area contributed by atoms with Crippen molar-refractivity contribution in [2.75, 3.05) is 18.0 Å². The lowest BCUT2D eigenvalue weighted by atomic mass is 10.1. The van der Waals surface area contributed by atoms with Gasteiger partial charge in [-0.15, -0.1) is 11.3 Å². The van der Waals surface area contributed by atoms with E-state index in [-0.39, 0.29) is 4.90 Å². The predicted octanol–water partition coefficient (Wildman–Crippen LogP) is 4.93. The molecule has 1 saturated heterocycles. The molecule has 0 amide bonds. The number of rotatable bonds is 5. The zero-order chi connectivity index (χ0) is 21.3. The minimum absolute atomic E-state index is 0.121. The fourth-order valence-corrected chi connectivity index (χ4v) is 6.81. The van der Waals surface area contributed by atoms with Crippen LogP contribution in [-0.4, -0.2) is 31.7 Å². The van der Waals surface area contributed by atoms with Gasteiger partial charge in [-0.25, -0.2) is 17.8 Å². The Labute approximate surface area is 181 Å². The number of anilines is 1. The first-order valence-corrected chi connectivity index (χ1v) is 12.5. The van der Waals surface area contributed by atoms with E-state index in [1.165, 1.54) is 23.3 Å². The van der Waals surface area contributed by atoms with Crippen molar-refractivity contribution >= 4 is 26.3 Å². The molecule has 4 nitrogen and oxygen atoms in total. The molecule has 1 aliphatic rings. The van der Waals surface area contributed by atoms with Gasteiger partial charge in [-0.05, 0) is 55.5 Å². The van der Waals surface area contributed by atoms with Gasteiger partial charge >= 0.3 is 0 Å². The topological polar surface area (TPSA) is 50.3 Å². The molecular formula is C23H25FN2O2S2. The van der Waals surface area contributed by atoms with E-state index < -0.39 is 20.9 Å². The molecule has 4 rings (SSSR count). The Bertz CT molecular complexity index is 1150. The molecule has 0 saturated carbocycles. The van der Waals surface area contributed by atoms with E-state index in [1.54, 1.807) is 18.3 Å². The third-order valence-electron chi connectivity index (χ3n) is 5.78.